The molecule has 1 aliphatic rings. The fourth-order valence-corrected chi connectivity index (χ4v) is 2.19. The number of aromatic amines is 1. The first-order valence-corrected chi connectivity index (χ1v) is 5.86. The number of amides is 1. The van der Waals surface area contributed by atoms with Crippen molar-refractivity contribution in [2.24, 2.45) is 0 Å². The molecule has 7 nitrogen and oxygen atoms in total. The van der Waals surface area contributed by atoms with E-state index in [1.807, 2.05) is 0 Å². The van der Waals surface area contributed by atoms with Crippen molar-refractivity contribution in [1.29, 1.82) is 0 Å². The largest absolute Gasteiger partial charge is 0.394 e. The first-order valence-electron chi connectivity index (χ1n) is 5.86. The van der Waals surface area contributed by atoms with Gasteiger partial charge in [0.2, 0.25) is 5.91 Å². The first-order chi connectivity index (χ1) is 8.95. The van der Waals surface area contributed by atoms with Crippen molar-refractivity contribution in [3.8, 4) is 0 Å². The Labute approximate surface area is 108 Å². The van der Waals surface area contributed by atoms with E-state index in [2.05, 4.69) is 4.98 Å². The Hall–Kier alpha value is -2.15. The number of carbonyl (C=O) groups excluding carboxylic acids is 1. The molecule has 19 heavy (non-hydrogen) atoms. The number of carbonyl (C=O) groups is 1. The van der Waals surface area contributed by atoms with Crippen LogP contribution < -0.4 is 11.2 Å². The molecule has 2 rings (SSSR count). The van der Waals surface area contributed by atoms with E-state index in [0.29, 0.717) is 5.56 Å². The Morgan fingerprint density at radius 2 is 2.11 bits per heavy atom. The van der Waals surface area contributed by atoms with Crippen LogP contribution >= 0.6 is 0 Å². The quantitative estimate of drug-likeness (QED) is 0.679. The summed E-state index contributed by atoms with van der Waals surface area (Å²) in [5.74, 6) is -0.259. The summed E-state index contributed by atoms with van der Waals surface area (Å²) in [6.45, 7) is 2.73. The Morgan fingerprint density at radius 1 is 1.42 bits per heavy atom. The number of hydrogen-bond donors (Lipinski definition) is 2. The highest BCUT2D eigenvalue weighted by molar-refractivity contribution is 5.75. The lowest BCUT2D eigenvalue weighted by molar-refractivity contribution is -0.133. The van der Waals surface area contributed by atoms with E-state index in [4.69, 9.17) is 0 Å². The molecule has 0 aliphatic carbocycles. The molecule has 1 amide bonds. The molecule has 0 radical (unpaired) electrons. The van der Waals surface area contributed by atoms with E-state index in [1.54, 1.807) is 19.1 Å². The van der Waals surface area contributed by atoms with Gasteiger partial charge in [-0.1, -0.05) is 6.08 Å². The first kappa shape index (κ1) is 13.3. The van der Waals surface area contributed by atoms with Gasteiger partial charge in [0.15, 0.2) is 0 Å². The third kappa shape index (κ3) is 2.24. The van der Waals surface area contributed by atoms with Crippen LogP contribution in [0.4, 0.5) is 0 Å². The molecule has 102 valence electrons. The monoisotopic (exact) mass is 265 g/mol. The third-order valence-electron chi connectivity index (χ3n) is 3.13. The van der Waals surface area contributed by atoms with Gasteiger partial charge in [-0.2, -0.15) is 0 Å². The highest BCUT2D eigenvalue weighted by atomic mass is 16.3. The molecule has 0 unspecified atom stereocenters. The zero-order chi connectivity index (χ0) is 14.2. The predicted octanol–water partition coefficient (Wildman–Crippen LogP) is -0.877. The second-order valence-electron chi connectivity index (χ2n) is 4.45. The van der Waals surface area contributed by atoms with Crippen LogP contribution in [0.15, 0.2) is 27.9 Å². The number of aryl methyl sites for hydroxylation is 1. The van der Waals surface area contributed by atoms with Gasteiger partial charge in [-0.25, -0.2) is 4.79 Å². The van der Waals surface area contributed by atoms with Gasteiger partial charge >= 0.3 is 5.69 Å². The van der Waals surface area contributed by atoms with Gasteiger partial charge in [0.25, 0.3) is 5.56 Å². The lowest BCUT2D eigenvalue weighted by Gasteiger charge is -2.29. The van der Waals surface area contributed by atoms with Gasteiger partial charge in [-0.15, -0.1) is 0 Å². The molecule has 0 fully saturated rings. The van der Waals surface area contributed by atoms with Crippen molar-refractivity contribution in [2.75, 3.05) is 6.61 Å². The molecule has 1 aromatic rings. The zero-order valence-corrected chi connectivity index (χ0v) is 10.7. The molecular weight excluding hydrogens is 250 g/mol. The van der Waals surface area contributed by atoms with Crippen molar-refractivity contribution < 1.29 is 9.90 Å². The van der Waals surface area contributed by atoms with Crippen LogP contribution in [-0.4, -0.2) is 38.1 Å². The number of aliphatic hydroxyl groups excluding tert-OH is 1. The molecule has 0 saturated carbocycles. The van der Waals surface area contributed by atoms with Crippen LogP contribution in [-0.2, 0) is 4.79 Å². The molecule has 2 heterocycles. The topological polar surface area (TPSA) is 95.4 Å². The molecule has 2 atom stereocenters. The van der Waals surface area contributed by atoms with Crippen LogP contribution in [0.2, 0.25) is 0 Å². The summed E-state index contributed by atoms with van der Waals surface area (Å²) in [5, 5.41) is 9.23. The second-order valence-corrected chi connectivity index (χ2v) is 4.45. The van der Waals surface area contributed by atoms with Gasteiger partial charge in [0.1, 0.15) is 6.17 Å². The molecule has 0 saturated heterocycles. The summed E-state index contributed by atoms with van der Waals surface area (Å²) in [5.41, 5.74) is -0.657. The van der Waals surface area contributed by atoms with Gasteiger partial charge in [-0.05, 0) is 13.0 Å². The molecular formula is C12H15N3O4. The zero-order valence-electron chi connectivity index (χ0n) is 10.7. The SMILES string of the molecule is CC(=O)N1[C@H](CO)C=C[C@@H]1n1cc(C)c(=O)[nH]c1=O. The lowest BCUT2D eigenvalue weighted by atomic mass is 10.3. The van der Waals surface area contributed by atoms with Crippen molar-refractivity contribution >= 4 is 5.91 Å². The van der Waals surface area contributed by atoms with Crippen molar-refractivity contribution in [3.63, 3.8) is 0 Å². The summed E-state index contributed by atoms with van der Waals surface area (Å²) in [6.07, 6.45) is 4.10. The summed E-state index contributed by atoms with van der Waals surface area (Å²) >= 11 is 0. The molecule has 0 spiro atoms. The molecule has 7 heteroatoms. The molecule has 1 aromatic heterocycles. The number of hydrogen-bond acceptors (Lipinski definition) is 4. The van der Waals surface area contributed by atoms with Crippen LogP contribution in [0.25, 0.3) is 0 Å². The molecule has 0 bridgehead atoms. The van der Waals surface area contributed by atoms with Crippen molar-refractivity contribution in [2.45, 2.75) is 26.1 Å². The Bertz CT molecular complexity index is 643. The maximum absolute atomic E-state index is 11.8. The van der Waals surface area contributed by atoms with E-state index in [9.17, 15) is 19.5 Å². The highest BCUT2D eigenvalue weighted by Crippen LogP contribution is 2.24. The van der Waals surface area contributed by atoms with Crippen LogP contribution in [0.1, 0.15) is 18.7 Å². The summed E-state index contributed by atoms with van der Waals surface area (Å²) in [6, 6.07) is -0.457. The third-order valence-corrected chi connectivity index (χ3v) is 3.13. The number of H-pyrrole nitrogens is 1. The normalized spacial score (nSPS) is 21.9. The van der Waals surface area contributed by atoms with E-state index >= 15 is 0 Å². The number of nitrogens with zero attached hydrogens (tertiary/aromatic N) is 2. The Balaban J connectivity index is 2.50. The Kier molecular flexibility index (Phi) is 3.39. The summed E-state index contributed by atoms with van der Waals surface area (Å²) in [7, 11) is 0. The maximum atomic E-state index is 11.8. The van der Waals surface area contributed by atoms with Crippen LogP contribution in [0, 0.1) is 6.92 Å². The number of nitrogens with one attached hydrogen (secondary N) is 1. The maximum Gasteiger partial charge on any atom is 0.330 e. The van der Waals surface area contributed by atoms with Gasteiger partial charge in [-0.3, -0.25) is 19.1 Å². The second kappa shape index (κ2) is 4.85. The summed E-state index contributed by atoms with van der Waals surface area (Å²) in [4.78, 5) is 38.4. The minimum Gasteiger partial charge on any atom is -0.394 e. The smallest absolute Gasteiger partial charge is 0.330 e. The fraction of sp³-hybridized carbons (Fsp3) is 0.417. The predicted molar refractivity (Wildman–Crippen MR) is 67.6 cm³/mol. The molecule has 2 N–H and O–H groups in total. The van der Waals surface area contributed by atoms with Gasteiger partial charge in [0.05, 0.1) is 12.6 Å². The standard InChI is InChI=1S/C12H15N3O4/c1-7-5-14(12(19)13-11(7)18)10-4-3-9(6-16)15(10)8(2)17/h3-5,9-10,16H,6H2,1-2H3,(H,13,18,19)/t9-,10+/m0/s1. The molecule has 0 aromatic carbocycles. The minimum atomic E-state index is -0.627. The number of rotatable bonds is 2. The minimum absolute atomic E-state index is 0.219. The van der Waals surface area contributed by atoms with Crippen molar-refractivity contribution in [1.82, 2.24) is 14.5 Å². The Morgan fingerprint density at radius 3 is 2.68 bits per heavy atom. The average molecular weight is 265 g/mol. The average Bonchev–Trinajstić information content (AvgIpc) is 2.77. The van der Waals surface area contributed by atoms with E-state index in [1.165, 1.54) is 22.6 Å². The number of aliphatic hydroxyl groups is 1. The number of aromatic nitrogens is 2. The van der Waals surface area contributed by atoms with Gasteiger partial charge < -0.3 is 10.0 Å². The fourth-order valence-electron chi connectivity index (χ4n) is 2.19. The van der Waals surface area contributed by atoms with E-state index < -0.39 is 23.5 Å². The summed E-state index contributed by atoms with van der Waals surface area (Å²) < 4.78 is 1.27. The van der Waals surface area contributed by atoms with Crippen LogP contribution in [0.5, 0.6) is 0 Å². The highest BCUT2D eigenvalue weighted by Gasteiger charge is 2.32. The molecule has 1 aliphatic heterocycles. The van der Waals surface area contributed by atoms with E-state index in [0.717, 1.165) is 0 Å². The van der Waals surface area contributed by atoms with E-state index in [-0.39, 0.29) is 12.5 Å². The van der Waals surface area contributed by atoms with Crippen molar-refractivity contribution in [3.05, 3.63) is 44.8 Å². The van der Waals surface area contributed by atoms with Crippen LogP contribution in [0.3, 0.4) is 0 Å². The lowest BCUT2D eigenvalue weighted by Crippen LogP contribution is -2.44. The van der Waals surface area contributed by atoms with Gasteiger partial charge in [0, 0.05) is 18.7 Å².